The zero-order chi connectivity index (χ0) is 12.3. The second-order valence-corrected chi connectivity index (χ2v) is 5.08. The summed E-state index contributed by atoms with van der Waals surface area (Å²) in [4.78, 5) is 12.1. The van der Waals surface area contributed by atoms with E-state index in [1.54, 1.807) is 6.92 Å². The highest BCUT2D eigenvalue weighted by Crippen LogP contribution is 2.25. The first kappa shape index (κ1) is 15.0. The molecule has 1 aromatic carbocycles. The molecular weight excluding hydrogens is 248 g/mol. The molecule has 0 bridgehead atoms. The van der Waals surface area contributed by atoms with E-state index in [0.29, 0.717) is 5.92 Å². The fraction of sp³-hybridized carbons (Fsp3) is 0.500. The molecule has 1 aromatic rings. The fourth-order valence-electron chi connectivity index (χ4n) is 2.03. The molecule has 0 aromatic heterocycles. The van der Waals surface area contributed by atoms with Gasteiger partial charge in [0.05, 0.1) is 0 Å². The number of halogens is 1. The van der Waals surface area contributed by atoms with Gasteiger partial charge in [0.25, 0.3) is 0 Å². The normalized spacial score (nSPS) is 18.1. The summed E-state index contributed by atoms with van der Waals surface area (Å²) in [5.74, 6) is 0.570. The number of hydrogen-bond donors (Lipinski definition) is 2. The topological polar surface area (TPSA) is 55.1 Å². The Balaban J connectivity index is 0.00000162. The van der Waals surface area contributed by atoms with Crippen LogP contribution in [0.4, 0.5) is 0 Å². The summed E-state index contributed by atoms with van der Waals surface area (Å²) in [6, 6.07) is 9.51. The molecule has 0 spiro atoms. The van der Waals surface area contributed by atoms with Crippen molar-refractivity contribution < 1.29 is 4.79 Å². The minimum atomic E-state index is -0.939. The van der Waals surface area contributed by atoms with E-state index < -0.39 is 5.54 Å². The molecule has 18 heavy (non-hydrogen) atoms. The lowest BCUT2D eigenvalue weighted by atomic mass is 9.85. The van der Waals surface area contributed by atoms with E-state index >= 15 is 0 Å². The maximum atomic E-state index is 12.1. The zero-order valence-electron chi connectivity index (χ0n) is 10.7. The van der Waals surface area contributed by atoms with Gasteiger partial charge in [0.1, 0.15) is 5.54 Å². The van der Waals surface area contributed by atoms with Crippen molar-refractivity contribution in [3.63, 3.8) is 0 Å². The van der Waals surface area contributed by atoms with Gasteiger partial charge in [-0.3, -0.25) is 4.79 Å². The van der Waals surface area contributed by atoms with Crippen molar-refractivity contribution in [2.75, 3.05) is 6.54 Å². The van der Waals surface area contributed by atoms with Gasteiger partial charge >= 0.3 is 0 Å². The second-order valence-electron chi connectivity index (χ2n) is 5.08. The van der Waals surface area contributed by atoms with Crippen LogP contribution >= 0.6 is 12.4 Å². The summed E-state index contributed by atoms with van der Waals surface area (Å²) in [5.41, 5.74) is 6.03. The third-order valence-electron chi connectivity index (χ3n) is 3.62. The summed E-state index contributed by atoms with van der Waals surface area (Å²) in [6.45, 7) is 2.52. The number of benzene rings is 1. The molecule has 1 atom stereocenters. The Hall–Kier alpha value is -1.06. The Kier molecular flexibility index (Phi) is 5.17. The van der Waals surface area contributed by atoms with Crippen LogP contribution in [0.15, 0.2) is 30.3 Å². The Morgan fingerprint density at radius 1 is 1.39 bits per heavy atom. The van der Waals surface area contributed by atoms with Gasteiger partial charge in [-0.15, -0.1) is 12.4 Å². The van der Waals surface area contributed by atoms with E-state index in [1.165, 1.54) is 19.3 Å². The van der Waals surface area contributed by atoms with E-state index in [9.17, 15) is 4.79 Å². The predicted octanol–water partition coefficient (Wildman–Crippen LogP) is 2.20. The van der Waals surface area contributed by atoms with Crippen molar-refractivity contribution in [3.8, 4) is 0 Å². The quantitative estimate of drug-likeness (QED) is 0.880. The lowest BCUT2D eigenvalue weighted by Crippen LogP contribution is -2.50. The molecule has 2 rings (SSSR count). The number of hydrogen-bond acceptors (Lipinski definition) is 2. The van der Waals surface area contributed by atoms with Crippen LogP contribution in [0.3, 0.4) is 0 Å². The molecule has 1 amide bonds. The highest BCUT2D eigenvalue weighted by molar-refractivity contribution is 5.87. The van der Waals surface area contributed by atoms with Gasteiger partial charge in [-0.05, 0) is 31.2 Å². The Morgan fingerprint density at radius 3 is 2.50 bits per heavy atom. The van der Waals surface area contributed by atoms with Gasteiger partial charge in [-0.25, -0.2) is 0 Å². The lowest BCUT2D eigenvalue weighted by Gasteiger charge is -2.29. The molecule has 1 saturated carbocycles. The summed E-state index contributed by atoms with van der Waals surface area (Å²) < 4.78 is 0. The van der Waals surface area contributed by atoms with Crippen LogP contribution in [-0.4, -0.2) is 12.5 Å². The maximum Gasteiger partial charge on any atom is 0.244 e. The standard InChI is InChI=1S/C14H20N2O.ClH/c1-14(15,12-8-3-2-4-9-12)13(17)16-10-11-6-5-7-11;/h2-4,8-9,11H,5-7,10,15H2,1H3,(H,16,17);1H. The number of amides is 1. The number of rotatable bonds is 4. The van der Waals surface area contributed by atoms with Gasteiger partial charge in [-0.2, -0.15) is 0 Å². The van der Waals surface area contributed by atoms with Crippen molar-refractivity contribution in [1.82, 2.24) is 5.32 Å². The first-order valence-electron chi connectivity index (χ1n) is 6.23. The molecule has 0 radical (unpaired) electrons. The van der Waals surface area contributed by atoms with E-state index in [1.807, 2.05) is 30.3 Å². The van der Waals surface area contributed by atoms with Crippen LogP contribution in [0.1, 0.15) is 31.7 Å². The number of nitrogens with two attached hydrogens (primary N) is 1. The van der Waals surface area contributed by atoms with E-state index in [0.717, 1.165) is 12.1 Å². The Morgan fingerprint density at radius 2 is 2.00 bits per heavy atom. The predicted molar refractivity (Wildman–Crippen MR) is 75.6 cm³/mol. The Bertz CT molecular complexity index is 388. The van der Waals surface area contributed by atoms with Gasteiger partial charge in [0.15, 0.2) is 0 Å². The van der Waals surface area contributed by atoms with Crippen LogP contribution in [0.2, 0.25) is 0 Å². The van der Waals surface area contributed by atoms with Crippen molar-refractivity contribution >= 4 is 18.3 Å². The third-order valence-corrected chi connectivity index (χ3v) is 3.62. The third kappa shape index (κ3) is 3.24. The smallest absolute Gasteiger partial charge is 0.244 e. The van der Waals surface area contributed by atoms with Crippen molar-refractivity contribution in [2.24, 2.45) is 11.7 Å². The minimum Gasteiger partial charge on any atom is -0.354 e. The average molecular weight is 269 g/mol. The first-order valence-corrected chi connectivity index (χ1v) is 6.23. The highest BCUT2D eigenvalue weighted by Gasteiger charge is 2.31. The SMILES string of the molecule is CC(N)(C(=O)NCC1CCC1)c1ccccc1.Cl. The van der Waals surface area contributed by atoms with Gasteiger partial charge in [0, 0.05) is 6.54 Å². The van der Waals surface area contributed by atoms with Crippen molar-refractivity contribution in [3.05, 3.63) is 35.9 Å². The molecule has 3 nitrogen and oxygen atoms in total. The molecule has 3 N–H and O–H groups in total. The molecule has 1 fully saturated rings. The molecule has 0 saturated heterocycles. The zero-order valence-corrected chi connectivity index (χ0v) is 11.5. The summed E-state index contributed by atoms with van der Waals surface area (Å²) in [7, 11) is 0. The number of nitrogens with one attached hydrogen (secondary N) is 1. The van der Waals surface area contributed by atoms with E-state index in [-0.39, 0.29) is 18.3 Å². The molecule has 0 heterocycles. The van der Waals surface area contributed by atoms with Gasteiger partial charge in [-0.1, -0.05) is 36.8 Å². The minimum absolute atomic E-state index is 0. The second kappa shape index (κ2) is 6.21. The highest BCUT2D eigenvalue weighted by atomic mass is 35.5. The molecule has 4 heteroatoms. The lowest BCUT2D eigenvalue weighted by molar-refractivity contribution is -0.126. The number of carbonyl (C=O) groups is 1. The summed E-state index contributed by atoms with van der Waals surface area (Å²) in [5, 5.41) is 2.96. The van der Waals surface area contributed by atoms with Gasteiger partial charge < -0.3 is 11.1 Å². The molecule has 100 valence electrons. The van der Waals surface area contributed by atoms with Crippen LogP contribution in [0.25, 0.3) is 0 Å². The molecule has 1 aliphatic rings. The molecule has 0 aliphatic heterocycles. The monoisotopic (exact) mass is 268 g/mol. The molecular formula is C14H21ClN2O. The average Bonchev–Trinajstić information content (AvgIpc) is 2.28. The van der Waals surface area contributed by atoms with Crippen LogP contribution in [0, 0.1) is 5.92 Å². The van der Waals surface area contributed by atoms with Gasteiger partial charge in [0.2, 0.25) is 5.91 Å². The summed E-state index contributed by atoms with van der Waals surface area (Å²) in [6.07, 6.45) is 3.75. The van der Waals surface area contributed by atoms with E-state index in [4.69, 9.17) is 5.73 Å². The number of carbonyl (C=O) groups excluding carboxylic acids is 1. The summed E-state index contributed by atoms with van der Waals surface area (Å²) >= 11 is 0. The van der Waals surface area contributed by atoms with Crippen molar-refractivity contribution in [1.29, 1.82) is 0 Å². The van der Waals surface area contributed by atoms with Crippen LogP contribution in [0.5, 0.6) is 0 Å². The van der Waals surface area contributed by atoms with E-state index in [2.05, 4.69) is 5.32 Å². The molecule has 1 unspecified atom stereocenters. The van der Waals surface area contributed by atoms with Crippen molar-refractivity contribution in [2.45, 2.75) is 31.7 Å². The fourth-order valence-corrected chi connectivity index (χ4v) is 2.03. The van der Waals surface area contributed by atoms with Crippen LogP contribution in [-0.2, 0) is 10.3 Å². The largest absolute Gasteiger partial charge is 0.354 e. The van der Waals surface area contributed by atoms with Crippen LogP contribution < -0.4 is 11.1 Å². The maximum absolute atomic E-state index is 12.1. The first-order chi connectivity index (χ1) is 8.10. The molecule has 1 aliphatic carbocycles. The Labute approximate surface area is 115 Å².